The van der Waals surface area contributed by atoms with Crippen LogP contribution in [-0.4, -0.2) is 21.5 Å². The number of hydrogen-bond acceptors (Lipinski definition) is 1. The molecule has 0 aliphatic rings. The van der Waals surface area contributed by atoms with Crippen LogP contribution in [0.1, 0.15) is 65.7 Å². The summed E-state index contributed by atoms with van der Waals surface area (Å²) in [7, 11) is -2.59. The Labute approximate surface area is 130 Å². The summed E-state index contributed by atoms with van der Waals surface area (Å²) >= 11 is 0. The molecular weight excluding hydrogens is 276 g/mol. The highest BCUT2D eigenvalue weighted by atomic mass is 29.3. The fourth-order valence-corrected chi connectivity index (χ4v) is 5.44. The van der Waals surface area contributed by atoms with Crippen molar-refractivity contribution in [3.63, 3.8) is 0 Å². The maximum atomic E-state index is 6.65. The van der Waals surface area contributed by atoms with Gasteiger partial charge in [-0.15, -0.1) is 0 Å². The zero-order chi connectivity index (χ0) is 15.8. The van der Waals surface area contributed by atoms with Gasteiger partial charge in [-0.1, -0.05) is 66.1 Å². The van der Waals surface area contributed by atoms with E-state index < -0.39 is 15.4 Å². The summed E-state index contributed by atoms with van der Waals surface area (Å²) in [6, 6.07) is 0. The summed E-state index contributed by atoms with van der Waals surface area (Å²) in [6.07, 6.45) is 9.82. The highest BCUT2D eigenvalue weighted by molar-refractivity contribution is 7.37. The molecule has 20 heavy (non-hydrogen) atoms. The number of hydrogen-bond donors (Lipinski definition) is 0. The summed E-state index contributed by atoms with van der Waals surface area (Å²) in [5.41, 5.74) is 0. The molecule has 122 valence electrons. The van der Waals surface area contributed by atoms with Crippen LogP contribution in [-0.2, 0) is 4.43 Å². The van der Waals surface area contributed by atoms with E-state index in [9.17, 15) is 0 Å². The maximum absolute atomic E-state index is 6.65. The van der Waals surface area contributed by atoms with E-state index in [-0.39, 0.29) is 0 Å². The van der Waals surface area contributed by atoms with Gasteiger partial charge in [0.15, 0.2) is 7.83 Å². The summed E-state index contributed by atoms with van der Waals surface area (Å²) in [6.45, 7) is 19.3. The smallest absolute Gasteiger partial charge is 0.173 e. The van der Waals surface area contributed by atoms with Crippen molar-refractivity contribution < 1.29 is 4.43 Å². The van der Waals surface area contributed by atoms with Gasteiger partial charge in [0.2, 0.25) is 0 Å². The van der Waals surface area contributed by atoms with Crippen LogP contribution in [0.4, 0.5) is 0 Å². The van der Waals surface area contributed by atoms with E-state index in [1.54, 1.807) is 0 Å². The first kappa shape index (κ1) is 20.4. The van der Waals surface area contributed by atoms with Crippen molar-refractivity contribution in [2.24, 2.45) is 5.92 Å². The molecule has 0 aromatic rings. The van der Waals surface area contributed by atoms with Crippen LogP contribution in [0.5, 0.6) is 0 Å². The fraction of sp³-hybridized carbons (Fsp3) is 1.00. The standard InChI is InChI=1S/C17H40OSi2/c1-9-12-13-16(10-2)14-15-17(11-3)18-20(7,8)19(4,5)6/h16-17H,9-15H2,1-8H3. The first-order valence-corrected chi connectivity index (χ1v) is 16.3. The number of unbranched alkanes of at least 4 members (excludes halogenated alkanes) is 1. The van der Waals surface area contributed by atoms with Crippen LogP contribution in [0.3, 0.4) is 0 Å². The van der Waals surface area contributed by atoms with E-state index in [0.29, 0.717) is 6.10 Å². The van der Waals surface area contributed by atoms with Crippen molar-refractivity contribution in [1.29, 1.82) is 0 Å². The normalized spacial score (nSPS) is 16.2. The van der Waals surface area contributed by atoms with Gasteiger partial charge in [-0.05, 0) is 38.3 Å². The van der Waals surface area contributed by atoms with Crippen molar-refractivity contribution in [3.05, 3.63) is 0 Å². The Bertz CT molecular complexity index is 246. The lowest BCUT2D eigenvalue weighted by Gasteiger charge is -2.38. The topological polar surface area (TPSA) is 9.23 Å². The third-order valence-electron chi connectivity index (χ3n) is 5.16. The lowest BCUT2D eigenvalue weighted by atomic mass is 9.93. The van der Waals surface area contributed by atoms with Gasteiger partial charge < -0.3 is 4.43 Å². The molecule has 0 aliphatic carbocycles. The van der Waals surface area contributed by atoms with Crippen molar-refractivity contribution >= 4 is 15.4 Å². The highest BCUT2D eigenvalue weighted by Crippen LogP contribution is 2.26. The van der Waals surface area contributed by atoms with Crippen LogP contribution in [0, 0.1) is 5.92 Å². The molecule has 0 saturated carbocycles. The average molecular weight is 317 g/mol. The molecule has 0 bridgehead atoms. The Kier molecular flexibility index (Phi) is 9.60. The minimum Gasteiger partial charge on any atom is -0.417 e. The molecule has 0 rings (SSSR count). The predicted molar refractivity (Wildman–Crippen MR) is 98.5 cm³/mol. The molecule has 3 heteroatoms. The Morgan fingerprint density at radius 1 is 0.800 bits per heavy atom. The Hall–Kier alpha value is 0.394. The van der Waals surface area contributed by atoms with Gasteiger partial charge in [0, 0.05) is 6.10 Å². The van der Waals surface area contributed by atoms with Gasteiger partial charge in [-0.3, -0.25) is 0 Å². The summed E-state index contributed by atoms with van der Waals surface area (Å²) in [4.78, 5) is 0. The largest absolute Gasteiger partial charge is 0.417 e. The lowest BCUT2D eigenvalue weighted by Crippen LogP contribution is -2.56. The first-order chi connectivity index (χ1) is 9.17. The third kappa shape index (κ3) is 7.42. The monoisotopic (exact) mass is 316 g/mol. The predicted octanol–water partition coefficient (Wildman–Crippen LogP) is 6.40. The lowest BCUT2D eigenvalue weighted by molar-refractivity contribution is 0.170. The third-order valence-corrected chi connectivity index (χ3v) is 20.9. The van der Waals surface area contributed by atoms with E-state index in [0.717, 1.165) is 5.92 Å². The molecule has 0 aliphatic heterocycles. The van der Waals surface area contributed by atoms with E-state index in [2.05, 4.69) is 53.5 Å². The maximum Gasteiger partial charge on any atom is 0.173 e. The summed E-state index contributed by atoms with van der Waals surface area (Å²) in [5.74, 6) is 0.921. The highest BCUT2D eigenvalue weighted by Gasteiger charge is 2.40. The van der Waals surface area contributed by atoms with Crippen LogP contribution in [0.25, 0.3) is 0 Å². The molecular formula is C17H40OSi2. The van der Waals surface area contributed by atoms with Crippen molar-refractivity contribution in [1.82, 2.24) is 0 Å². The second-order valence-corrected chi connectivity index (χ2v) is 23.8. The molecule has 0 N–H and O–H groups in total. The quantitative estimate of drug-likeness (QED) is 0.401. The van der Waals surface area contributed by atoms with Gasteiger partial charge in [0.1, 0.15) is 0 Å². The zero-order valence-electron chi connectivity index (χ0n) is 15.5. The van der Waals surface area contributed by atoms with Crippen molar-refractivity contribution in [3.8, 4) is 0 Å². The first-order valence-electron chi connectivity index (χ1n) is 8.85. The SMILES string of the molecule is CCCCC(CC)CCC(CC)O[Si](C)(C)[Si](C)(C)C. The summed E-state index contributed by atoms with van der Waals surface area (Å²) in [5, 5.41) is 0. The molecule has 0 radical (unpaired) electrons. The Balaban J connectivity index is 4.34. The average Bonchev–Trinajstić information content (AvgIpc) is 2.35. The van der Waals surface area contributed by atoms with Gasteiger partial charge in [-0.25, -0.2) is 0 Å². The molecule has 0 fully saturated rings. The molecule has 2 unspecified atom stereocenters. The van der Waals surface area contributed by atoms with Gasteiger partial charge in [0.25, 0.3) is 0 Å². The molecule has 0 heterocycles. The fourth-order valence-electron chi connectivity index (χ4n) is 2.41. The van der Waals surface area contributed by atoms with Gasteiger partial charge in [-0.2, -0.15) is 0 Å². The van der Waals surface area contributed by atoms with Crippen LogP contribution < -0.4 is 0 Å². The minimum absolute atomic E-state index is 0.513. The number of rotatable bonds is 11. The Morgan fingerprint density at radius 3 is 1.80 bits per heavy atom. The van der Waals surface area contributed by atoms with Crippen molar-refractivity contribution in [2.75, 3.05) is 0 Å². The molecule has 0 aromatic carbocycles. The second kappa shape index (κ2) is 9.42. The molecule has 1 nitrogen and oxygen atoms in total. The molecule has 0 saturated heterocycles. The molecule has 0 amide bonds. The summed E-state index contributed by atoms with van der Waals surface area (Å²) < 4.78 is 6.65. The van der Waals surface area contributed by atoms with Crippen molar-refractivity contribution in [2.45, 2.75) is 105 Å². The zero-order valence-corrected chi connectivity index (χ0v) is 17.5. The van der Waals surface area contributed by atoms with Gasteiger partial charge >= 0.3 is 0 Å². The van der Waals surface area contributed by atoms with E-state index in [4.69, 9.17) is 4.43 Å². The van der Waals surface area contributed by atoms with E-state index in [1.165, 1.54) is 44.9 Å². The van der Waals surface area contributed by atoms with E-state index in [1.807, 2.05) is 0 Å². The van der Waals surface area contributed by atoms with Crippen LogP contribution in [0.15, 0.2) is 0 Å². The molecule has 2 atom stereocenters. The second-order valence-electron chi connectivity index (χ2n) is 7.90. The Morgan fingerprint density at radius 2 is 1.40 bits per heavy atom. The molecule has 0 spiro atoms. The van der Waals surface area contributed by atoms with Crippen LogP contribution in [0.2, 0.25) is 32.7 Å². The van der Waals surface area contributed by atoms with E-state index >= 15 is 0 Å². The molecule has 0 aromatic heterocycles. The minimum atomic E-state index is -1.46. The van der Waals surface area contributed by atoms with Crippen LogP contribution >= 0.6 is 0 Å². The van der Waals surface area contributed by atoms with Gasteiger partial charge in [0.05, 0.1) is 7.59 Å².